The van der Waals surface area contributed by atoms with Gasteiger partial charge in [-0.15, -0.1) is 0 Å². The second kappa shape index (κ2) is 13.1. The van der Waals surface area contributed by atoms with Gasteiger partial charge < -0.3 is 20.7 Å². The first-order valence-corrected chi connectivity index (χ1v) is 3.93. The fraction of sp³-hybridized carbons (Fsp3) is 0.667. The van der Waals surface area contributed by atoms with Crippen LogP contribution in [0.4, 0.5) is 4.79 Å². The van der Waals surface area contributed by atoms with Crippen molar-refractivity contribution in [3.05, 3.63) is 0 Å². The van der Waals surface area contributed by atoms with E-state index < -0.39 is 16.3 Å². The molecule has 0 aromatic heterocycles. The summed E-state index contributed by atoms with van der Waals surface area (Å²) in [6.07, 6.45) is -2.33. The normalized spacial score (nSPS) is 8.15. The van der Waals surface area contributed by atoms with Crippen LogP contribution in [-0.2, 0) is 10.1 Å². The fourth-order valence-corrected chi connectivity index (χ4v) is 0.447. The fourth-order valence-electron chi connectivity index (χ4n) is 0.149. The Labute approximate surface area is 120 Å². The molecule has 0 aliphatic rings. The van der Waals surface area contributed by atoms with Crippen molar-refractivity contribution in [3.8, 4) is 0 Å². The van der Waals surface area contributed by atoms with Crippen LogP contribution in [0.2, 0.25) is 0 Å². The van der Waals surface area contributed by atoms with Gasteiger partial charge in [0.15, 0.2) is 0 Å². The molecule has 3 N–H and O–H groups in total. The van der Waals surface area contributed by atoms with Crippen LogP contribution in [0.25, 0.3) is 0 Å². The topological polar surface area (TPSA) is 144 Å². The van der Waals surface area contributed by atoms with Crippen LogP contribution in [0.15, 0.2) is 0 Å². The standard InChI is InChI=1S/C2H7NO3S.CH2O3.2Na/c3-1-2-7(4,5)6;2-1(3)4;;/h1-3H2,(H,4,5,6);(H2,2,3,4);;/q;;2*+1/p-2. The van der Waals surface area contributed by atoms with Gasteiger partial charge in [-0.2, -0.15) is 8.42 Å². The molecule has 10 heteroatoms. The van der Waals surface area contributed by atoms with Crippen LogP contribution in [0.3, 0.4) is 0 Å². The predicted octanol–water partition coefficient (Wildman–Crippen LogP) is -9.61. The van der Waals surface area contributed by atoms with E-state index >= 15 is 0 Å². The molecule has 0 radical (unpaired) electrons. The molecule has 0 unspecified atom stereocenters. The van der Waals surface area contributed by atoms with Gasteiger partial charge >= 0.3 is 59.1 Å². The van der Waals surface area contributed by atoms with Crippen LogP contribution >= 0.6 is 0 Å². The maximum atomic E-state index is 9.71. The Morgan fingerprint density at radius 1 is 1.31 bits per heavy atom. The number of carbonyl (C=O) groups is 1. The SMILES string of the molecule is NCCS(=O)(=O)O.O=C([O-])[O-].[Na+].[Na+]. The second-order valence-electron chi connectivity index (χ2n) is 1.32. The largest absolute Gasteiger partial charge is 1.00 e. The van der Waals surface area contributed by atoms with Gasteiger partial charge in [0, 0.05) is 6.54 Å². The molecule has 68 valence electrons. The van der Waals surface area contributed by atoms with Crippen molar-refractivity contribution in [1.82, 2.24) is 0 Å². The van der Waals surface area contributed by atoms with E-state index in [1.807, 2.05) is 0 Å². The number of rotatable bonds is 2. The molecule has 0 aromatic rings. The zero-order valence-corrected chi connectivity index (χ0v) is 12.2. The van der Waals surface area contributed by atoms with Crippen molar-refractivity contribution >= 4 is 16.3 Å². The average Bonchev–Trinajstić information content (AvgIpc) is 1.58. The molecule has 0 aromatic carbocycles. The number of hydrogen-bond donors (Lipinski definition) is 2. The molecule has 0 aliphatic carbocycles. The van der Waals surface area contributed by atoms with E-state index in [0.29, 0.717) is 0 Å². The van der Waals surface area contributed by atoms with E-state index in [2.05, 4.69) is 0 Å². The molecular formula is C3H7NNa2O6S. The molecule has 0 aliphatic heterocycles. The van der Waals surface area contributed by atoms with Gasteiger partial charge in [-0.25, -0.2) is 0 Å². The van der Waals surface area contributed by atoms with Gasteiger partial charge in [0.2, 0.25) is 0 Å². The molecule has 0 amide bonds. The maximum Gasteiger partial charge on any atom is 1.00 e. The van der Waals surface area contributed by atoms with Crippen molar-refractivity contribution < 1.29 is 87.1 Å². The summed E-state index contributed by atoms with van der Waals surface area (Å²) in [5.41, 5.74) is 4.78. The first kappa shape index (κ1) is 23.7. The van der Waals surface area contributed by atoms with Crippen LogP contribution in [0.1, 0.15) is 0 Å². The van der Waals surface area contributed by atoms with E-state index in [1.54, 1.807) is 0 Å². The molecular weight excluding hydrogens is 224 g/mol. The van der Waals surface area contributed by atoms with Gasteiger partial charge in [0.05, 0.1) is 5.75 Å². The van der Waals surface area contributed by atoms with Crippen molar-refractivity contribution in [3.63, 3.8) is 0 Å². The molecule has 0 saturated heterocycles. The van der Waals surface area contributed by atoms with Crippen LogP contribution in [0, 0.1) is 0 Å². The third-order valence-electron chi connectivity index (χ3n) is 0.376. The predicted molar refractivity (Wildman–Crippen MR) is 30.9 cm³/mol. The summed E-state index contributed by atoms with van der Waals surface area (Å²) >= 11 is 0. The molecule has 0 spiro atoms. The zero-order chi connectivity index (χ0) is 9.49. The maximum absolute atomic E-state index is 9.71. The van der Waals surface area contributed by atoms with Gasteiger partial charge in [0.1, 0.15) is 0 Å². The van der Waals surface area contributed by atoms with Gasteiger partial charge in [-0.05, 0) is 6.16 Å². The van der Waals surface area contributed by atoms with Crippen molar-refractivity contribution in [1.29, 1.82) is 0 Å². The van der Waals surface area contributed by atoms with Gasteiger partial charge in [-0.1, -0.05) is 0 Å². The Kier molecular flexibility index (Phi) is 24.0. The Morgan fingerprint density at radius 2 is 1.54 bits per heavy atom. The summed E-state index contributed by atoms with van der Waals surface area (Å²) in [7, 11) is -3.80. The number of nitrogens with two attached hydrogens (primary N) is 1. The van der Waals surface area contributed by atoms with Crippen LogP contribution in [-0.4, -0.2) is 31.4 Å². The molecule has 0 heterocycles. The third-order valence-corrected chi connectivity index (χ3v) is 1.13. The van der Waals surface area contributed by atoms with Gasteiger partial charge in [-0.3, -0.25) is 4.55 Å². The van der Waals surface area contributed by atoms with E-state index in [4.69, 9.17) is 25.3 Å². The summed E-state index contributed by atoms with van der Waals surface area (Å²) < 4.78 is 27.3. The molecule has 0 saturated carbocycles. The summed E-state index contributed by atoms with van der Waals surface area (Å²) in [5, 5.41) is 16.7. The number of hydrogen-bond acceptors (Lipinski definition) is 6. The monoisotopic (exact) mass is 231 g/mol. The Hall–Kier alpha value is 1.14. The molecule has 7 nitrogen and oxygen atoms in total. The van der Waals surface area contributed by atoms with E-state index in [9.17, 15) is 8.42 Å². The molecule has 0 bridgehead atoms. The van der Waals surface area contributed by atoms with Gasteiger partial charge in [0.25, 0.3) is 10.1 Å². The van der Waals surface area contributed by atoms with Crippen molar-refractivity contribution in [2.45, 2.75) is 0 Å². The van der Waals surface area contributed by atoms with E-state index in [-0.39, 0.29) is 71.4 Å². The van der Waals surface area contributed by atoms with E-state index in [0.717, 1.165) is 0 Å². The molecule has 0 rings (SSSR count). The Morgan fingerprint density at radius 3 is 1.54 bits per heavy atom. The quantitative estimate of drug-likeness (QED) is 0.354. The first-order valence-electron chi connectivity index (χ1n) is 2.33. The minimum atomic E-state index is -3.80. The number of carboxylic acid groups (broad SMARTS) is 2. The summed E-state index contributed by atoms with van der Waals surface area (Å²) in [5.74, 6) is -0.354. The van der Waals surface area contributed by atoms with Crippen LogP contribution in [0.5, 0.6) is 0 Å². The third kappa shape index (κ3) is 61.7. The summed E-state index contributed by atoms with van der Waals surface area (Å²) in [6, 6.07) is 0. The Balaban J connectivity index is -0.0000000600. The van der Waals surface area contributed by atoms with Crippen molar-refractivity contribution in [2.75, 3.05) is 12.3 Å². The Bertz CT molecular complexity index is 200. The second-order valence-corrected chi connectivity index (χ2v) is 2.90. The zero-order valence-electron chi connectivity index (χ0n) is 7.39. The first-order chi connectivity index (χ1) is 4.79. The van der Waals surface area contributed by atoms with E-state index in [1.165, 1.54) is 0 Å². The minimum absolute atomic E-state index is 0. The number of carbonyl (C=O) groups excluding carboxylic acids is 1. The summed E-state index contributed by atoms with van der Waals surface area (Å²) in [4.78, 5) is 8.33. The van der Waals surface area contributed by atoms with Crippen LogP contribution < -0.4 is 75.1 Å². The van der Waals surface area contributed by atoms with Crippen molar-refractivity contribution in [2.24, 2.45) is 5.73 Å². The molecule has 0 atom stereocenters. The molecule has 13 heavy (non-hydrogen) atoms. The molecule has 0 fully saturated rings. The summed E-state index contributed by atoms with van der Waals surface area (Å²) in [6.45, 7) is -0.0289. The smallest absolute Gasteiger partial charge is 0.652 e. The minimum Gasteiger partial charge on any atom is -0.652 e. The average molecular weight is 231 g/mol.